The molecule has 0 fully saturated rings. The van der Waals surface area contributed by atoms with E-state index in [9.17, 15) is 4.79 Å². The number of esters is 1. The number of carbonyl (C=O) groups is 1. The van der Waals surface area contributed by atoms with Crippen molar-refractivity contribution < 1.29 is 19.0 Å². The molecule has 20 heavy (non-hydrogen) atoms. The van der Waals surface area contributed by atoms with E-state index in [-0.39, 0.29) is 12.0 Å². The molecule has 5 heteroatoms. The van der Waals surface area contributed by atoms with Crippen molar-refractivity contribution in [2.24, 2.45) is 0 Å². The summed E-state index contributed by atoms with van der Waals surface area (Å²) < 4.78 is 16.2. The van der Waals surface area contributed by atoms with Crippen molar-refractivity contribution in [2.45, 2.75) is 53.2 Å². The SMILES string of the molecule is CCOCCN(CCOCC)C(C)C(=O)OC(C)(C)C. The molecule has 0 N–H and O–H groups in total. The Balaban J connectivity index is 4.43. The molecule has 0 aliphatic carbocycles. The van der Waals surface area contributed by atoms with Crippen LogP contribution in [-0.2, 0) is 19.0 Å². The van der Waals surface area contributed by atoms with E-state index in [0.717, 1.165) is 0 Å². The van der Waals surface area contributed by atoms with Crippen LogP contribution in [-0.4, -0.2) is 62.0 Å². The van der Waals surface area contributed by atoms with Crippen LogP contribution >= 0.6 is 0 Å². The van der Waals surface area contributed by atoms with Gasteiger partial charge in [0.2, 0.25) is 0 Å². The van der Waals surface area contributed by atoms with Crippen molar-refractivity contribution >= 4 is 5.97 Å². The number of ether oxygens (including phenoxy) is 3. The average molecular weight is 289 g/mol. The lowest BCUT2D eigenvalue weighted by atomic mass is 10.2. The highest BCUT2D eigenvalue weighted by Crippen LogP contribution is 2.11. The van der Waals surface area contributed by atoms with Crippen LogP contribution in [0.2, 0.25) is 0 Å². The summed E-state index contributed by atoms with van der Waals surface area (Å²) in [5.74, 6) is -0.203. The van der Waals surface area contributed by atoms with E-state index in [1.807, 2.05) is 46.4 Å². The van der Waals surface area contributed by atoms with Crippen molar-refractivity contribution in [1.82, 2.24) is 4.90 Å². The van der Waals surface area contributed by atoms with Gasteiger partial charge in [-0.2, -0.15) is 0 Å². The predicted molar refractivity (Wildman–Crippen MR) is 79.9 cm³/mol. The lowest BCUT2D eigenvalue weighted by Crippen LogP contribution is -2.45. The van der Waals surface area contributed by atoms with Gasteiger partial charge in [0.15, 0.2) is 0 Å². The Bertz CT molecular complexity index is 253. The summed E-state index contributed by atoms with van der Waals surface area (Å²) in [4.78, 5) is 14.2. The molecule has 1 atom stereocenters. The fraction of sp³-hybridized carbons (Fsp3) is 0.933. The molecule has 0 saturated heterocycles. The smallest absolute Gasteiger partial charge is 0.323 e. The van der Waals surface area contributed by atoms with Gasteiger partial charge in [0.25, 0.3) is 0 Å². The standard InChI is InChI=1S/C15H31NO4/c1-7-18-11-9-16(10-12-19-8-2)13(3)14(17)20-15(4,5)6/h13H,7-12H2,1-6H3. The van der Waals surface area contributed by atoms with Crippen LogP contribution in [0.5, 0.6) is 0 Å². The van der Waals surface area contributed by atoms with Gasteiger partial charge in [0.05, 0.1) is 13.2 Å². The lowest BCUT2D eigenvalue weighted by molar-refractivity contribution is -0.161. The molecule has 0 aromatic heterocycles. The molecule has 0 radical (unpaired) electrons. The molecule has 120 valence electrons. The van der Waals surface area contributed by atoms with Crippen LogP contribution in [0.1, 0.15) is 41.5 Å². The summed E-state index contributed by atoms with van der Waals surface area (Å²) in [5.41, 5.74) is -0.461. The van der Waals surface area contributed by atoms with Gasteiger partial charge >= 0.3 is 5.97 Å². The Morgan fingerprint density at radius 3 is 1.85 bits per heavy atom. The molecule has 0 amide bonds. The molecule has 0 aromatic rings. The van der Waals surface area contributed by atoms with Crippen molar-refractivity contribution in [3.8, 4) is 0 Å². The maximum absolute atomic E-state index is 12.1. The quantitative estimate of drug-likeness (QED) is 0.455. The minimum absolute atomic E-state index is 0.203. The van der Waals surface area contributed by atoms with Crippen molar-refractivity contribution in [2.75, 3.05) is 39.5 Å². The highest BCUT2D eigenvalue weighted by molar-refractivity contribution is 5.75. The van der Waals surface area contributed by atoms with Crippen LogP contribution in [0.3, 0.4) is 0 Å². The first-order valence-electron chi connectivity index (χ1n) is 7.44. The summed E-state index contributed by atoms with van der Waals surface area (Å²) in [5, 5.41) is 0. The molecule has 0 aromatic carbocycles. The highest BCUT2D eigenvalue weighted by Gasteiger charge is 2.26. The van der Waals surface area contributed by atoms with Crippen molar-refractivity contribution in [3.05, 3.63) is 0 Å². The van der Waals surface area contributed by atoms with Gasteiger partial charge in [0.1, 0.15) is 11.6 Å². The van der Waals surface area contributed by atoms with Gasteiger partial charge in [-0.05, 0) is 41.5 Å². The number of hydrogen-bond acceptors (Lipinski definition) is 5. The normalized spacial score (nSPS) is 13.6. The fourth-order valence-electron chi connectivity index (χ4n) is 1.69. The maximum atomic E-state index is 12.1. The van der Waals surface area contributed by atoms with Crippen LogP contribution < -0.4 is 0 Å². The summed E-state index contributed by atoms with van der Waals surface area (Å²) in [7, 11) is 0. The van der Waals surface area contributed by atoms with E-state index in [1.165, 1.54) is 0 Å². The van der Waals surface area contributed by atoms with E-state index < -0.39 is 5.60 Å². The topological polar surface area (TPSA) is 48.0 Å². The lowest BCUT2D eigenvalue weighted by Gasteiger charge is -2.30. The minimum Gasteiger partial charge on any atom is -0.459 e. The van der Waals surface area contributed by atoms with Gasteiger partial charge in [0, 0.05) is 26.3 Å². The second-order valence-electron chi connectivity index (χ2n) is 5.64. The van der Waals surface area contributed by atoms with Crippen LogP contribution in [0.15, 0.2) is 0 Å². The number of rotatable bonds is 10. The van der Waals surface area contributed by atoms with Crippen molar-refractivity contribution in [3.63, 3.8) is 0 Å². The van der Waals surface area contributed by atoms with Gasteiger partial charge < -0.3 is 14.2 Å². The molecule has 0 rings (SSSR count). The zero-order chi connectivity index (χ0) is 15.6. The third kappa shape index (κ3) is 9.28. The fourth-order valence-corrected chi connectivity index (χ4v) is 1.69. The van der Waals surface area contributed by atoms with Gasteiger partial charge in [-0.25, -0.2) is 0 Å². The predicted octanol–water partition coefficient (Wildman–Crippen LogP) is 2.09. The van der Waals surface area contributed by atoms with Crippen LogP contribution in [0.4, 0.5) is 0 Å². The summed E-state index contributed by atoms with van der Waals surface area (Å²) in [6.07, 6.45) is 0. The second-order valence-corrected chi connectivity index (χ2v) is 5.64. The van der Waals surface area contributed by atoms with E-state index in [1.54, 1.807) is 0 Å². The third-order valence-corrected chi connectivity index (χ3v) is 2.75. The van der Waals surface area contributed by atoms with E-state index in [0.29, 0.717) is 39.5 Å². The molecule has 1 unspecified atom stereocenters. The Hall–Kier alpha value is -0.650. The number of nitrogens with zero attached hydrogens (tertiary/aromatic N) is 1. The van der Waals surface area contributed by atoms with Crippen LogP contribution in [0, 0.1) is 0 Å². The number of hydrogen-bond donors (Lipinski definition) is 0. The van der Waals surface area contributed by atoms with Crippen molar-refractivity contribution in [1.29, 1.82) is 0 Å². The minimum atomic E-state index is -0.461. The Labute approximate surface area is 123 Å². The molecule has 0 spiro atoms. The molecular weight excluding hydrogens is 258 g/mol. The first-order chi connectivity index (χ1) is 9.31. The zero-order valence-corrected chi connectivity index (χ0v) is 13.9. The van der Waals surface area contributed by atoms with E-state index >= 15 is 0 Å². The highest BCUT2D eigenvalue weighted by atomic mass is 16.6. The second kappa shape index (κ2) is 10.1. The molecular formula is C15H31NO4. The first kappa shape index (κ1) is 19.4. The molecule has 0 saturated carbocycles. The Morgan fingerprint density at radius 1 is 1.05 bits per heavy atom. The maximum Gasteiger partial charge on any atom is 0.323 e. The molecule has 0 heterocycles. The molecule has 5 nitrogen and oxygen atoms in total. The first-order valence-corrected chi connectivity index (χ1v) is 7.44. The average Bonchev–Trinajstić information content (AvgIpc) is 2.34. The van der Waals surface area contributed by atoms with Gasteiger partial charge in [-0.3, -0.25) is 9.69 Å². The van der Waals surface area contributed by atoms with E-state index in [4.69, 9.17) is 14.2 Å². The molecule has 0 bridgehead atoms. The summed E-state index contributed by atoms with van der Waals surface area (Å²) in [6, 6.07) is -0.296. The zero-order valence-electron chi connectivity index (χ0n) is 13.9. The van der Waals surface area contributed by atoms with Gasteiger partial charge in [-0.15, -0.1) is 0 Å². The molecule has 0 aliphatic rings. The van der Waals surface area contributed by atoms with Crippen LogP contribution in [0.25, 0.3) is 0 Å². The number of carbonyl (C=O) groups excluding carboxylic acids is 1. The van der Waals surface area contributed by atoms with Gasteiger partial charge in [-0.1, -0.05) is 0 Å². The Kier molecular flexibility index (Phi) is 9.80. The molecule has 0 aliphatic heterocycles. The van der Waals surface area contributed by atoms with E-state index in [2.05, 4.69) is 0 Å². The largest absolute Gasteiger partial charge is 0.459 e. The Morgan fingerprint density at radius 2 is 1.50 bits per heavy atom. The summed E-state index contributed by atoms with van der Waals surface area (Å²) in [6.45, 7) is 15.4. The monoisotopic (exact) mass is 289 g/mol. The summed E-state index contributed by atoms with van der Waals surface area (Å²) >= 11 is 0. The third-order valence-electron chi connectivity index (χ3n) is 2.75.